The van der Waals surface area contributed by atoms with Gasteiger partial charge < -0.3 is 14.9 Å². The molecule has 7 rings (SSSR count). The smallest absolute Gasteiger partial charge is 0.227 e. The van der Waals surface area contributed by atoms with Gasteiger partial charge in [-0.2, -0.15) is 4.98 Å². The van der Waals surface area contributed by atoms with Gasteiger partial charge in [0.25, 0.3) is 0 Å². The van der Waals surface area contributed by atoms with Gasteiger partial charge in [-0.25, -0.2) is 15.0 Å². The monoisotopic (exact) mass is 492 g/mol. The van der Waals surface area contributed by atoms with Crippen molar-refractivity contribution in [3.63, 3.8) is 0 Å². The van der Waals surface area contributed by atoms with Gasteiger partial charge in [-0.15, -0.1) is 0 Å². The van der Waals surface area contributed by atoms with Crippen LogP contribution in [0.3, 0.4) is 0 Å². The number of aryl methyl sites for hydroxylation is 1. The zero-order valence-corrected chi connectivity index (χ0v) is 20.8. The third-order valence-corrected chi connectivity index (χ3v) is 10.3. The van der Waals surface area contributed by atoms with Crippen LogP contribution in [0.5, 0.6) is 0 Å². The Morgan fingerprint density at radius 2 is 1.91 bits per heavy atom. The molecule has 0 bridgehead atoms. The highest BCUT2D eigenvalue weighted by Crippen LogP contribution is 2.52. The highest BCUT2D eigenvalue weighted by atomic mass is 32.2. The first-order valence-corrected chi connectivity index (χ1v) is 14.4. The summed E-state index contributed by atoms with van der Waals surface area (Å²) in [4.78, 5) is 24.7. The van der Waals surface area contributed by atoms with E-state index in [1.54, 1.807) is 0 Å². The number of hydrogen-bond acceptors (Lipinski definition) is 8. The molecule has 3 aliphatic heterocycles. The quantitative estimate of drug-likeness (QED) is 0.681. The van der Waals surface area contributed by atoms with E-state index in [1.807, 2.05) is 12.4 Å². The first-order valence-electron chi connectivity index (χ1n) is 13.1. The predicted octanol–water partition coefficient (Wildman–Crippen LogP) is 2.84. The molecule has 2 aromatic rings. The topological polar surface area (TPSA) is 95.3 Å². The van der Waals surface area contributed by atoms with E-state index in [4.69, 9.17) is 9.97 Å². The van der Waals surface area contributed by atoms with Crippen molar-refractivity contribution in [1.29, 1.82) is 0 Å². The van der Waals surface area contributed by atoms with Crippen LogP contribution < -0.4 is 9.80 Å². The van der Waals surface area contributed by atoms with Gasteiger partial charge in [0.1, 0.15) is 4.90 Å². The van der Waals surface area contributed by atoms with Crippen molar-refractivity contribution >= 4 is 28.1 Å². The third-order valence-electron chi connectivity index (χ3n) is 8.85. The first-order chi connectivity index (χ1) is 17.2. The Morgan fingerprint density at radius 3 is 2.57 bits per heavy atom. The molecule has 0 radical (unpaired) electrons. The summed E-state index contributed by atoms with van der Waals surface area (Å²) in [6, 6.07) is 0. The summed E-state index contributed by atoms with van der Waals surface area (Å²) in [5, 5.41) is 10.1. The summed E-state index contributed by atoms with van der Waals surface area (Å²) in [6.07, 6.45) is 14.6. The van der Waals surface area contributed by atoms with Crippen molar-refractivity contribution in [1.82, 2.24) is 19.9 Å². The summed E-state index contributed by atoms with van der Waals surface area (Å²) in [7, 11) is -1.05. The van der Waals surface area contributed by atoms with Crippen LogP contribution in [0.25, 0.3) is 5.57 Å². The minimum Gasteiger partial charge on any atom is -0.396 e. The van der Waals surface area contributed by atoms with Gasteiger partial charge in [0, 0.05) is 62.3 Å². The Kier molecular flexibility index (Phi) is 5.21. The van der Waals surface area contributed by atoms with Crippen LogP contribution in [0.1, 0.15) is 67.9 Å². The van der Waals surface area contributed by atoms with E-state index in [0.717, 1.165) is 79.9 Å². The number of anilines is 2. The largest absolute Gasteiger partial charge is 0.396 e. The lowest BCUT2D eigenvalue weighted by molar-refractivity contribution is 0.114. The minimum atomic E-state index is -1.05. The molecular formula is C26H32N6O2S. The molecule has 3 fully saturated rings. The molecule has 35 heavy (non-hydrogen) atoms. The lowest BCUT2D eigenvalue weighted by Gasteiger charge is -2.50. The van der Waals surface area contributed by atoms with E-state index >= 15 is 0 Å². The SMILES string of the molecule is O=S1CCc2nc(N3CC=C(c4ncc(C5CC5)cn4)CC3)nc(N3CC[C@H](CO)C34CCC4)c21. The maximum absolute atomic E-state index is 13.0. The summed E-state index contributed by atoms with van der Waals surface area (Å²) in [6.45, 7) is 2.60. The van der Waals surface area contributed by atoms with E-state index in [2.05, 4.69) is 25.8 Å². The summed E-state index contributed by atoms with van der Waals surface area (Å²) >= 11 is 0. The highest BCUT2D eigenvalue weighted by Gasteiger charge is 2.53. The fraction of sp³-hybridized carbons (Fsp3) is 0.615. The Labute approximate surface area is 208 Å². The molecule has 2 atom stereocenters. The lowest BCUT2D eigenvalue weighted by atomic mass is 9.69. The molecule has 2 saturated carbocycles. The molecule has 8 nitrogen and oxygen atoms in total. The third kappa shape index (κ3) is 3.53. The molecule has 0 aromatic carbocycles. The van der Waals surface area contributed by atoms with Gasteiger partial charge in [-0.05, 0) is 62.0 Å². The lowest BCUT2D eigenvalue weighted by Crippen LogP contribution is -2.55. The summed E-state index contributed by atoms with van der Waals surface area (Å²) < 4.78 is 13.0. The molecule has 0 amide bonds. The van der Waals surface area contributed by atoms with E-state index < -0.39 is 10.8 Å². The number of nitrogens with zero attached hydrogens (tertiary/aromatic N) is 6. The number of fused-ring (bicyclic) bond motifs is 1. The molecule has 5 heterocycles. The maximum Gasteiger partial charge on any atom is 0.227 e. The van der Waals surface area contributed by atoms with Crippen molar-refractivity contribution in [2.24, 2.45) is 5.92 Å². The van der Waals surface area contributed by atoms with Gasteiger partial charge in [-0.3, -0.25) is 4.21 Å². The number of hydrogen-bond donors (Lipinski definition) is 1. The second kappa shape index (κ2) is 8.34. The Bertz CT molecular complexity index is 1210. The first kappa shape index (κ1) is 21.9. The molecular weight excluding hydrogens is 460 g/mol. The summed E-state index contributed by atoms with van der Waals surface area (Å²) in [5.74, 6) is 4.00. The van der Waals surface area contributed by atoms with Gasteiger partial charge in [-0.1, -0.05) is 6.08 Å². The van der Waals surface area contributed by atoms with E-state index in [1.165, 1.54) is 30.4 Å². The Balaban J connectivity index is 1.18. The van der Waals surface area contributed by atoms with Crippen molar-refractivity contribution in [3.05, 3.63) is 35.6 Å². The van der Waals surface area contributed by atoms with E-state index in [-0.39, 0.29) is 18.1 Å². The van der Waals surface area contributed by atoms with Crippen molar-refractivity contribution in [3.8, 4) is 0 Å². The Morgan fingerprint density at radius 1 is 1.09 bits per heavy atom. The number of aromatic nitrogens is 4. The fourth-order valence-corrected chi connectivity index (χ4v) is 7.82. The van der Waals surface area contributed by atoms with Crippen LogP contribution in [0.2, 0.25) is 0 Å². The van der Waals surface area contributed by atoms with Gasteiger partial charge in [0.2, 0.25) is 5.95 Å². The normalized spacial score (nSPS) is 27.2. The zero-order valence-electron chi connectivity index (χ0n) is 20.0. The van der Waals surface area contributed by atoms with Crippen LogP contribution in [0, 0.1) is 5.92 Å². The number of aliphatic hydroxyl groups excluding tert-OH is 1. The number of rotatable bonds is 5. The van der Waals surface area contributed by atoms with Crippen LogP contribution in [-0.4, -0.2) is 66.8 Å². The predicted molar refractivity (Wildman–Crippen MR) is 135 cm³/mol. The zero-order chi connectivity index (χ0) is 23.6. The molecule has 1 spiro atoms. The molecule has 5 aliphatic rings. The molecule has 1 unspecified atom stereocenters. The standard InChI is InChI=1S/C26H32N6O2S/c33-16-20-6-12-32(26(20)8-1-9-26)24-22-21(7-13-35(22)34)29-25(30-24)31-10-4-18(5-11-31)23-27-14-19(15-28-23)17-2-3-17/h4,14-15,17,20,33H,1-3,5-13,16H2/t20-,35?/m1/s1. The average molecular weight is 493 g/mol. The highest BCUT2D eigenvalue weighted by molar-refractivity contribution is 7.85. The van der Waals surface area contributed by atoms with Crippen molar-refractivity contribution in [2.45, 2.75) is 67.7 Å². The second-order valence-corrected chi connectivity index (χ2v) is 12.2. The van der Waals surface area contributed by atoms with Gasteiger partial charge in [0.05, 0.1) is 16.5 Å². The molecule has 1 saturated heterocycles. The van der Waals surface area contributed by atoms with E-state index in [9.17, 15) is 9.32 Å². The van der Waals surface area contributed by atoms with Crippen molar-refractivity contribution in [2.75, 3.05) is 41.8 Å². The second-order valence-electron chi connectivity index (χ2n) is 10.7. The van der Waals surface area contributed by atoms with Crippen LogP contribution >= 0.6 is 0 Å². The minimum absolute atomic E-state index is 0.0279. The van der Waals surface area contributed by atoms with Crippen LogP contribution in [0.4, 0.5) is 11.8 Å². The fourth-order valence-electron chi connectivity index (χ4n) is 6.47. The summed E-state index contributed by atoms with van der Waals surface area (Å²) in [5.41, 5.74) is 3.36. The van der Waals surface area contributed by atoms with E-state index in [0.29, 0.717) is 11.7 Å². The number of aliphatic hydroxyl groups is 1. The molecule has 2 aliphatic carbocycles. The molecule has 184 valence electrons. The molecule has 9 heteroatoms. The Hall–Kier alpha value is -2.39. The average Bonchev–Trinajstić information content (AvgIpc) is 3.55. The van der Waals surface area contributed by atoms with Crippen LogP contribution in [-0.2, 0) is 17.2 Å². The molecule has 2 aromatic heterocycles. The van der Waals surface area contributed by atoms with Gasteiger partial charge >= 0.3 is 0 Å². The maximum atomic E-state index is 13.0. The molecule has 1 N–H and O–H groups in total. The van der Waals surface area contributed by atoms with Crippen LogP contribution in [0.15, 0.2) is 23.4 Å². The van der Waals surface area contributed by atoms with Crippen molar-refractivity contribution < 1.29 is 9.32 Å². The van der Waals surface area contributed by atoms with Gasteiger partial charge in [0.15, 0.2) is 11.6 Å².